The third-order valence-corrected chi connectivity index (χ3v) is 4.43. The van der Waals surface area contributed by atoms with Crippen LogP contribution in [0.25, 0.3) is 0 Å². The lowest BCUT2D eigenvalue weighted by Gasteiger charge is -2.16. The van der Waals surface area contributed by atoms with E-state index in [4.69, 9.17) is 4.74 Å². The van der Waals surface area contributed by atoms with E-state index >= 15 is 0 Å². The van der Waals surface area contributed by atoms with Gasteiger partial charge < -0.3 is 10.1 Å². The van der Waals surface area contributed by atoms with Crippen LogP contribution in [-0.4, -0.2) is 28.6 Å². The molecule has 1 aliphatic carbocycles. The molecule has 100 valence electrons. The molecule has 0 amide bonds. The Labute approximate surface area is 114 Å². The van der Waals surface area contributed by atoms with Gasteiger partial charge in [0.15, 0.2) is 11.6 Å². The number of hydrogen-bond acceptors (Lipinski definition) is 4. The van der Waals surface area contributed by atoms with Gasteiger partial charge in [-0.25, -0.2) is 4.98 Å². The van der Waals surface area contributed by atoms with E-state index < -0.39 is 0 Å². The van der Waals surface area contributed by atoms with E-state index in [2.05, 4.69) is 29.0 Å². The highest BCUT2D eigenvalue weighted by atomic mass is 32.2. The summed E-state index contributed by atoms with van der Waals surface area (Å²) in [5.74, 6) is 2.98. The highest BCUT2D eigenvalue weighted by Crippen LogP contribution is 2.32. The molecule has 1 aromatic heterocycles. The summed E-state index contributed by atoms with van der Waals surface area (Å²) in [5, 5.41) is 4.35. The topological polar surface area (TPSA) is 34.1 Å². The summed E-state index contributed by atoms with van der Waals surface area (Å²) < 4.78 is 5.59. The van der Waals surface area contributed by atoms with Crippen molar-refractivity contribution in [2.75, 3.05) is 17.7 Å². The molecular weight excluding hydrogens is 244 g/mol. The van der Waals surface area contributed by atoms with Gasteiger partial charge in [0.05, 0.1) is 6.61 Å². The van der Waals surface area contributed by atoms with E-state index in [1.807, 2.05) is 25.3 Å². The molecule has 18 heavy (non-hydrogen) atoms. The first kappa shape index (κ1) is 13.5. The summed E-state index contributed by atoms with van der Waals surface area (Å²) in [6, 6.07) is 4.44. The lowest BCUT2D eigenvalue weighted by molar-refractivity contribution is 0.340. The molecule has 1 saturated carbocycles. The summed E-state index contributed by atoms with van der Waals surface area (Å²) in [6.45, 7) is 4.91. The van der Waals surface area contributed by atoms with Crippen molar-refractivity contribution in [1.82, 2.24) is 4.98 Å². The van der Waals surface area contributed by atoms with Gasteiger partial charge in [-0.3, -0.25) is 0 Å². The van der Waals surface area contributed by atoms with E-state index in [0.29, 0.717) is 12.6 Å². The van der Waals surface area contributed by atoms with Crippen LogP contribution >= 0.6 is 11.8 Å². The fourth-order valence-corrected chi connectivity index (χ4v) is 3.57. The molecule has 2 atom stereocenters. The molecule has 0 saturated heterocycles. The van der Waals surface area contributed by atoms with Crippen molar-refractivity contribution >= 4 is 17.6 Å². The van der Waals surface area contributed by atoms with Gasteiger partial charge in [-0.15, -0.1) is 0 Å². The molecular formula is C14H22N2OS. The number of hydrogen-bond donors (Lipinski definition) is 1. The third-order valence-electron chi connectivity index (χ3n) is 3.20. The SMILES string of the molecule is CCOc1cccnc1NC1CCC(SCC)C1. The predicted molar refractivity (Wildman–Crippen MR) is 78.6 cm³/mol. The number of nitrogens with zero attached hydrogens (tertiary/aromatic N) is 1. The van der Waals surface area contributed by atoms with Crippen LogP contribution in [0, 0.1) is 0 Å². The normalized spacial score (nSPS) is 23.0. The van der Waals surface area contributed by atoms with E-state index in [-0.39, 0.29) is 0 Å². The van der Waals surface area contributed by atoms with E-state index in [9.17, 15) is 0 Å². The number of aromatic nitrogens is 1. The lowest BCUT2D eigenvalue weighted by atomic mass is 10.2. The maximum atomic E-state index is 5.59. The average Bonchev–Trinajstić information content (AvgIpc) is 2.80. The first-order valence-electron chi connectivity index (χ1n) is 6.79. The van der Waals surface area contributed by atoms with Gasteiger partial charge in [0.1, 0.15) is 0 Å². The first-order valence-corrected chi connectivity index (χ1v) is 7.84. The zero-order valence-corrected chi connectivity index (χ0v) is 12.0. The molecule has 0 spiro atoms. The molecule has 2 unspecified atom stereocenters. The maximum absolute atomic E-state index is 5.59. The van der Waals surface area contributed by atoms with Crippen molar-refractivity contribution in [3.63, 3.8) is 0 Å². The quantitative estimate of drug-likeness (QED) is 0.853. The monoisotopic (exact) mass is 266 g/mol. The molecule has 1 aromatic rings. The fourth-order valence-electron chi connectivity index (χ4n) is 2.42. The molecule has 1 fully saturated rings. The van der Waals surface area contributed by atoms with Gasteiger partial charge in [0.2, 0.25) is 0 Å². The number of ether oxygens (including phenoxy) is 1. The Bertz CT molecular complexity index is 373. The Balaban J connectivity index is 1.93. The number of nitrogens with one attached hydrogen (secondary N) is 1. The van der Waals surface area contributed by atoms with Gasteiger partial charge >= 0.3 is 0 Å². The minimum atomic E-state index is 0.545. The standard InChI is InChI=1S/C14H22N2OS/c1-3-17-13-6-5-9-15-14(13)16-11-7-8-12(10-11)18-4-2/h5-6,9,11-12H,3-4,7-8,10H2,1-2H3,(H,15,16). The van der Waals surface area contributed by atoms with Crippen LogP contribution < -0.4 is 10.1 Å². The highest BCUT2D eigenvalue weighted by molar-refractivity contribution is 7.99. The highest BCUT2D eigenvalue weighted by Gasteiger charge is 2.25. The van der Waals surface area contributed by atoms with E-state index in [1.165, 1.54) is 25.0 Å². The number of anilines is 1. The van der Waals surface area contributed by atoms with E-state index in [0.717, 1.165) is 16.8 Å². The summed E-state index contributed by atoms with van der Waals surface area (Å²) in [5.41, 5.74) is 0. The minimum Gasteiger partial charge on any atom is -0.490 e. The molecule has 0 aromatic carbocycles. The molecule has 2 rings (SSSR count). The molecule has 1 aliphatic rings. The van der Waals surface area contributed by atoms with Crippen molar-refractivity contribution in [1.29, 1.82) is 0 Å². The van der Waals surface area contributed by atoms with Gasteiger partial charge in [-0.1, -0.05) is 6.92 Å². The predicted octanol–water partition coefficient (Wildman–Crippen LogP) is 3.57. The molecule has 3 nitrogen and oxygen atoms in total. The van der Waals surface area contributed by atoms with Crippen LogP contribution in [0.1, 0.15) is 33.1 Å². The van der Waals surface area contributed by atoms with Crippen molar-refractivity contribution in [3.05, 3.63) is 18.3 Å². The largest absolute Gasteiger partial charge is 0.490 e. The summed E-state index contributed by atoms with van der Waals surface area (Å²) in [6.07, 6.45) is 5.60. The maximum Gasteiger partial charge on any atom is 0.168 e. The Morgan fingerprint density at radius 1 is 1.44 bits per heavy atom. The van der Waals surface area contributed by atoms with Crippen LogP contribution in [0.3, 0.4) is 0 Å². The second kappa shape index (κ2) is 6.88. The van der Waals surface area contributed by atoms with Crippen molar-refractivity contribution in [2.24, 2.45) is 0 Å². The zero-order chi connectivity index (χ0) is 12.8. The molecule has 0 radical (unpaired) electrons. The lowest BCUT2D eigenvalue weighted by Crippen LogP contribution is -2.17. The van der Waals surface area contributed by atoms with Gasteiger partial charge in [-0.2, -0.15) is 11.8 Å². The Morgan fingerprint density at radius 2 is 2.33 bits per heavy atom. The second-order valence-electron chi connectivity index (χ2n) is 4.51. The van der Waals surface area contributed by atoms with E-state index in [1.54, 1.807) is 0 Å². The third kappa shape index (κ3) is 3.55. The average molecular weight is 266 g/mol. The van der Waals surface area contributed by atoms with Crippen molar-refractivity contribution in [3.8, 4) is 5.75 Å². The molecule has 4 heteroatoms. The van der Waals surface area contributed by atoms with Crippen LogP contribution in [-0.2, 0) is 0 Å². The minimum absolute atomic E-state index is 0.545. The van der Waals surface area contributed by atoms with Crippen LogP contribution in [0.4, 0.5) is 5.82 Å². The van der Waals surface area contributed by atoms with Crippen LogP contribution in [0.15, 0.2) is 18.3 Å². The number of rotatable bonds is 6. The Kier molecular flexibility index (Phi) is 5.17. The smallest absolute Gasteiger partial charge is 0.168 e. The molecule has 0 aliphatic heterocycles. The van der Waals surface area contributed by atoms with Crippen molar-refractivity contribution in [2.45, 2.75) is 44.4 Å². The van der Waals surface area contributed by atoms with Crippen LogP contribution in [0.5, 0.6) is 5.75 Å². The zero-order valence-electron chi connectivity index (χ0n) is 11.2. The summed E-state index contributed by atoms with van der Waals surface area (Å²) >= 11 is 2.08. The second-order valence-corrected chi connectivity index (χ2v) is 6.09. The van der Waals surface area contributed by atoms with Crippen molar-refractivity contribution < 1.29 is 4.74 Å². The first-order chi connectivity index (χ1) is 8.83. The fraction of sp³-hybridized carbons (Fsp3) is 0.643. The molecule has 0 bridgehead atoms. The Morgan fingerprint density at radius 3 is 3.11 bits per heavy atom. The Hall–Kier alpha value is -0.900. The molecule has 1 N–H and O–H groups in total. The summed E-state index contributed by atoms with van der Waals surface area (Å²) in [4.78, 5) is 4.39. The molecule has 1 heterocycles. The van der Waals surface area contributed by atoms with Gasteiger partial charge in [-0.05, 0) is 44.1 Å². The van der Waals surface area contributed by atoms with Crippen LogP contribution in [0.2, 0.25) is 0 Å². The summed E-state index contributed by atoms with van der Waals surface area (Å²) in [7, 11) is 0. The van der Waals surface area contributed by atoms with Gasteiger partial charge in [0.25, 0.3) is 0 Å². The van der Waals surface area contributed by atoms with Gasteiger partial charge in [0, 0.05) is 17.5 Å². The number of pyridine rings is 1. The number of thioether (sulfide) groups is 1.